The summed E-state index contributed by atoms with van der Waals surface area (Å²) in [6.45, 7) is 53.0. The molecule has 10 unspecified atom stereocenters. The van der Waals surface area contributed by atoms with Crippen LogP contribution < -0.4 is 21.2 Å². The first kappa shape index (κ1) is 113. The van der Waals surface area contributed by atoms with Crippen molar-refractivity contribution in [1.29, 1.82) is 0 Å². The van der Waals surface area contributed by atoms with Crippen molar-refractivity contribution in [3.63, 3.8) is 0 Å². The number of carbonyl (C=O) groups excluding carboxylic acids is 8. The molecule has 2 saturated heterocycles. The van der Waals surface area contributed by atoms with Crippen LogP contribution in [0.4, 0.5) is 8.78 Å². The minimum Gasteiger partial charge on any atom is -0.465 e. The van der Waals surface area contributed by atoms with Gasteiger partial charge in [-0.15, -0.1) is 0 Å². The molecule has 136 heavy (non-hydrogen) atoms. The summed E-state index contributed by atoms with van der Waals surface area (Å²) in [4.78, 5) is 96.9. The molecule has 19 rings (SSSR count). The number of carbonyl (C=O) groups is 8. The van der Waals surface area contributed by atoms with Gasteiger partial charge in [-0.2, -0.15) is 8.78 Å². The summed E-state index contributed by atoms with van der Waals surface area (Å²) in [7, 11) is 0. The molecule has 17 aliphatic rings. The molecular formula is C113H178F2IO20-. The SMILES string of the molecule is CC(C)(C)c1ccc([I-]c2ccc(C(C)(C)C)cc2)cc1.CCC(C)(C)C(=O)OC1(C(C)C)C2CC3CC(C2)CC1C3.CCC(C)(C)C(=O)OC12CC3CC(O)(CC(O)(C3)C1)C2.CCC(C)(C)C(=O)OCC(=O)OC1C2CC3CC(C2)C(=O)OC1C3.CCC(C)(C)C(=O)OCCCCOC(C)OCC12CC3CC(CC(COC(=O)C(C)(F)F)(C3)C1)C2.CCC1(OC(=O)C(C)(C)CC)CCCC1. The van der Waals surface area contributed by atoms with E-state index in [9.17, 15) is 57.4 Å². The van der Waals surface area contributed by atoms with Crippen LogP contribution in [0.2, 0.25) is 0 Å². The summed E-state index contributed by atoms with van der Waals surface area (Å²) in [6, 6.07) is 18.4. The number of aliphatic hydroxyl groups is 2. The fourth-order valence-corrected chi connectivity index (χ4v) is 27.5. The van der Waals surface area contributed by atoms with E-state index in [1.807, 2.05) is 90.0 Å². The minimum absolute atomic E-state index is 0.00310. The molecule has 23 heteroatoms. The third kappa shape index (κ3) is 28.4. The minimum atomic E-state index is -3.45. The van der Waals surface area contributed by atoms with E-state index in [-0.39, 0.29) is 138 Å². The zero-order valence-electron chi connectivity index (χ0n) is 88.4. The Balaban J connectivity index is 0.000000172. The quantitative estimate of drug-likeness (QED) is 0.0226. The average Bonchev–Trinajstić information content (AvgIpc) is 0.743. The van der Waals surface area contributed by atoms with Gasteiger partial charge in [0.25, 0.3) is 0 Å². The first-order chi connectivity index (χ1) is 63.1. The Morgan fingerprint density at radius 3 is 1.35 bits per heavy atom. The van der Waals surface area contributed by atoms with Crippen LogP contribution in [0.1, 0.15) is 403 Å². The van der Waals surface area contributed by atoms with E-state index < -0.39 is 63.0 Å². The van der Waals surface area contributed by atoms with Gasteiger partial charge in [-0.3, -0.25) is 28.8 Å². The molecule has 2 aliphatic heterocycles. The van der Waals surface area contributed by atoms with E-state index in [1.165, 1.54) is 69.6 Å². The molecule has 16 bridgehead atoms. The summed E-state index contributed by atoms with van der Waals surface area (Å²) < 4.78 is 86.2. The van der Waals surface area contributed by atoms with Crippen molar-refractivity contribution < 1.29 is 126 Å². The molecule has 0 amide bonds. The smallest absolute Gasteiger partial charge is 0.376 e. The maximum Gasteiger partial charge on any atom is 0.376 e. The summed E-state index contributed by atoms with van der Waals surface area (Å²) in [5.74, 6) is -0.893. The van der Waals surface area contributed by atoms with Crippen LogP contribution in [0.25, 0.3) is 0 Å². The van der Waals surface area contributed by atoms with Crippen molar-refractivity contribution in [2.24, 2.45) is 103 Å². The van der Waals surface area contributed by atoms with E-state index in [1.54, 1.807) is 13.8 Å². The third-order valence-corrected chi connectivity index (χ3v) is 37.2. The van der Waals surface area contributed by atoms with E-state index in [0.717, 1.165) is 147 Å². The Bertz CT molecular complexity index is 4230. The van der Waals surface area contributed by atoms with E-state index in [0.29, 0.717) is 87.9 Å². The normalized spacial score (nSPS) is 31.5. The number of hydrogen-bond acceptors (Lipinski definition) is 20. The second-order valence-corrected chi connectivity index (χ2v) is 53.5. The van der Waals surface area contributed by atoms with Crippen LogP contribution in [0.15, 0.2) is 48.5 Å². The van der Waals surface area contributed by atoms with Gasteiger partial charge in [0.15, 0.2) is 12.9 Å². The molecule has 10 atom stereocenters. The number of hydrogen-bond donors (Lipinski definition) is 2. The number of alkyl halides is 2. The predicted octanol–water partition coefficient (Wildman–Crippen LogP) is 21.2. The van der Waals surface area contributed by atoms with Crippen molar-refractivity contribution in [3.8, 4) is 0 Å². The Kier molecular flexibility index (Phi) is 36.8. The number of unbranched alkanes of at least 4 members (excludes halogenated alkanes) is 1. The van der Waals surface area contributed by atoms with Crippen molar-refractivity contribution in [1.82, 2.24) is 0 Å². The zero-order chi connectivity index (χ0) is 101. The fourth-order valence-electron chi connectivity index (χ4n) is 25.3. The monoisotopic (exact) mass is 2020 g/mol. The third-order valence-electron chi connectivity index (χ3n) is 34.5. The van der Waals surface area contributed by atoms with Crippen molar-refractivity contribution >= 4 is 47.8 Å². The van der Waals surface area contributed by atoms with Crippen molar-refractivity contribution in [3.05, 3.63) is 66.8 Å². The van der Waals surface area contributed by atoms with Gasteiger partial charge in [0.1, 0.15) is 29.0 Å². The predicted molar refractivity (Wildman–Crippen MR) is 519 cm³/mol. The summed E-state index contributed by atoms with van der Waals surface area (Å²) in [6.07, 6.45) is 29.4. The molecule has 2 N–H and O–H groups in total. The van der Waals surface area contributed by atoms with Crippen LogP contribution in [-0.2, 0) is 96.6 Å². The molecule has 2 aromatic rings. The maximum absolute atomic E-state index is 13.3. The zero-order valence-corrected chi connectivity index (χ0v) is 90.6. The van der Waals surface area contributed by atoms with Crippen LogP contribution in [0.3, 0.4) is 0 Å². The van der Waals surface area contributed by atoms with Crippen molar-refractivity contribution in [2.45, 2.75) is 455 Å². The maximum atomic E-state index is 13.3. The average molecular weight is 2020 g/mol. The number of halogens is 3. The number of ether oxygens (including phenoxy) is 10. The van der Waals surface area contributed by atoms with Gasteiger partial charge >= 0.3 is 194 Å². The Morgan fingerprint density at radius 1 is 0.456 bits per heavy atom. The number of esters is 8. The molecule has 0 spiro atoms. The van der Waals surface area contributed by atoms with Crippen LogP contribution in [0.5, 0.6) is 0 Å². The molecule has 15 aliphatic carbocycles. The van der Waals surface area contributed by atoms with Gasteiger partial charge in [0.05, 0.1) is 64.0 Å². The van der Waals surface area contributed by atoms with Crippen molar-refractivity contribution in [2.75, 3.05) is 33.0 Å². The van der Waals surface area contributed by atoms with E-state index in [2.05, 4.69) is 118 Å². The fraction of sp³-hybridized carbons (Fsp3) is 0.823. The van der Waals surface area contributed by atoms with Crippen LogP contribution in [-0.4, -0.2) is 143 Å². The second kappa shape index (κ2) is 44.5. The van der Waals surface area contributed by atoms with E-state index in [4.69, 9.17) is 47.4 Å². The van der Waals surface area contributed by atoms with Gasteiger partial charge in [-0.05, 0) is 327 Å². The molecule has 0 aromatic heterocycles. The molecule has 772 valence electrons. The Morgan fingerprint density at radius 2 is 0.897 bits per heavy atom. The largest absolute Gasteiger partial charge is 0.465 e. The molecule has 17 fully saturated rings. The first-order valence-electron chi connectivity index (χ1n) is 52.6. The van der Waals surface area contributed by atoms with Gasteiger partial charge in [-0.1, -0.05) is 55.4 Å². The topological polar surface area (TPSA) is 269 Å². The Labute approximate surface area is 826 Å². The molecule has 2 heterocycles. The van der Waals surface area contributed by atoms with Gasteiger partial charge in [0, 0.05) is 44.1 Å². The van der Waals surface area contributed by atoms with E-state index >= 15 is 0 Å². The molecule has 15 saturated carbocycles. The summed E-state index contributed by atoms with van der Waals surface area (Å²) >= 11 is -0.0703. The molecular weight excluding hydrogens is 1840 g/mol. The summed E-state index contributed by atoms with van der Waals surface area (Å²) in [5.41, 5.74) is -1.77. The number of fused-ring (bicyclic) bond motifs is 1. The van der Waals surface area contributed by atoms with Crippen LogP contribution >= 0.6 is 0 Å². The molecule has 2 aromatic carbocycles. The second-order valence-electron chi connectivity index (χ2n) is 50.5. The van der Waals surface area contributed by atoms with Gasteiger partial charge in [0.2, 0.25) is 0 Å². The standard InChI is InChI=1S/C27H44F2O6.C20H26I.C19H32O2.C18H26O6.C16H26O4.C13H24O2/c1-6-24(3,4)22(30)33-10-8-7-9-32-19(2)34-17-26-12-20-11-21(13-26)15-27(14-20,16-26)18-35-23(31)25(5,28)29;1-19(2,3)15-7-11-17(12-8-15)21-18-13-9-16(10-14-18)20(4,5)6;1-6-18(4,5)17(20)21-19(12(2)3)15-8-13-7-14(10-15)11-16(19)9-13;1-4-18(2,3)17(21)22-9-14(19)24-15-11-5-10-6-12(8-11)16(20)23-13(15)7-10;1-4-13(2,3)12(17)20-16-7-11-5-14(18,9-16)8-15(19,6-11)10-16;1-5-12(3,4)11(14)15-13(6-2)9-7-8-10-13/h19-21H,6-18H2,1-5H3;7-14H,1-6H3;12-16H,6-11H2,1-5H3;10-13,15H,4-9H2,1-3H3;11,18-19H,4-10H2,1-3H3;5-10H2,1-4H3/q;-1;;;;. The Hall–Kier alpha value is -5.37. The number of benzene rings is 2. The van der Waals surface area contributed by atoms with Gasteiger partial charge in [-0.25, -0.2) is 9.59 Å². The summed E-state index contributed by atoms with van der Waals surface area (Å²) in [5, 5.41) is 21.3. The molecule has 20 nitrogen and oxygen atoms in total. The van der Waals surface area contributed by atoms with Gasteiger partial charge < -0.3 is 57.6 Å². The first-order valence-corrected chi connectivity index (χ1v) is 54.8. The van der Waals surface area contributed by atoms with Crippen LogP contribution in [0, 0.1) is 110 Å². The number of rotatable bonds is 32. The molecule has 0 radical (unpaired) electrons.